The minimum absolute atomic E-state index is 0.0917. The smallest absolute Gasteiger partial charge is 0.228 e. The molecule has 3 nitrogen and oxygen atoms in total. The number of carbonyl (C=O) groups excluding carboxylic acids is 1. The van der Waals surface area contributed by atoms with E-state index in [0.717, 1.165) is 37.9 Å². The molecule has 0 N–H and O–H groups in total. The minimum Gasteiger partial charge on any atom is -0.377 e. The summed E-state index contributed by atoms with van der Waals surface area (Å²) in [5.41, 5.74) is 0. The lowest BCUT2D eigenvalue weighted by molar-refractivity contribution is -0.136. The summed E-state index contributed by atoms with van der Waals surface area (Å²) in [6, 6.07) is 0. The maximum Gasteiger partial charge on any atom is 0.228 e. The largest absolute Gasteiger partial charge is 0.377 e. The van der Waals surface area contributed by atoms with Crippen LogP contribution in [0.1, 0.15) is 26.7 Å². The molecule has 0 radical (unpaired) electrons. The highest BCUT2D eigenvalue weighted by Crippen LogP contribution is 2.25. The van der Waals surface area contributed by atoms with Crippen molar-refractivity contribution < 1.29 is 9.53 Å². The molecule has 1 heterocycles. The predicted molar refractivity (Wildman–Crippen MR) is 64.2 cm³/mol. The average Bonchev–Trinajstić information content (AvgIpc) is 2.72. The van der Waals surface area contributed by atoms with Crippen LogP contribution in [0.25, 0.3) is 0 Å². The number of alkyl halides is 1. The van der Waals surface area contributed by atoms with Gasteiger partial charge in [-0.05, 0) is 19.8 Å². The Balaban J connectivity index is 2.56. The van der Waals surface area contributed by atoms with Gasteiger partial charge in [-0.25, -0.2) is 0 Å². The van der Waals surface area contributed by atoms with Gasteiger partial charge in [-0.1, -0.05) is 22.9 Å². The number of carbonyl (C=O) groups is 1. The van der Waals surface area contributed by atoms with Gasteiger partial charge in [0.15, 0.2) is 0 Å². The maximum atomic E-state index is 12.2. The topological polar surface area (TPSA) is 29.5 Å². The fourth-order valence-electron chi connectivity index (χ4n) is 2.09. The molecule has 2 unspecified atom stereocenters. The van der Waals surface area contributed by atoms with E-state index in [1.165, 1.54) is 0 Å². The average molecular weight is 278 g/mol. The normalized spacial score (nSPS) is 25.5. The summed E-state index contributed by atoms with van der Waals surface area (Å²) in [7, 11) is 0. The Hall–Kier alpha value is -0.0900. The van der Waals surface area contributed by atoms with E-state index < -0.39 is 0 Å². The Morgan fingerprint density at radius 2 is 2.27 bits per heavy atom. The highest BCUT2D eigenvalue weighted by atomic mass is 79.9. The zero-order valence-corrected chi connectivity index (χ0v) is 11.1. The lowest BCUT2D eigenvalue weighted by atomic mass is 9.98. The second kappa shape index (κ2) is 6.48. The van der Waals surface area contributed by atoms with Crippen LogP contribution in [0.3, 0.4) is 0 Å². The van der Waals surface area contributed by atoms with Crippen LogP contribution in [0.2, 0.25) is 0 Å². The van der Waals surface area contributed by atoms with Crippen LogP contribution in [-0.4, -0.2) is 41.9 Å². The molecule has 0 saturated carbocycles. The van der Waals surface area contributed by atoms with Crippen LogP contribution in [0.4, 0.5) is 0 Å². The van der Waals surface area contributed by atoms with Crippen molar-refractivity contribution in [2.45, 2.75) is 32.8 Å². The van der Waals surface area contributed by atoms with Crippen LogP contribution in [0.5, 0.6) is 0 Å². The van der Waals surface area contributed by atoms with Crippen molar-refractivity contribution in [2.24, 2.45) is 5.92 Å². The van der Waals surface area contributed by atoms with Crippen molar-refractivity contribution in [1.82, 2.24) is 4.90 Å². The molecule has 1 aliphatic heterocycles. The van der Waals surface area contributed by atoms with Crippen molar-refractivity contribution in [2.75, 3.05) is 25.0 Å². The third kappa shape index (κ3) is 3.18. The summed E-state index contributed by atoms with van der Waals surface area (Å²) in [5, 5.41) is 0.844. The molecule has 0 aromatic heterocycles. The van der Waals surface area contributed by atoms with Gasteiger partial charge in [0.1, 0.15) is 0 Å². The van der Waals surface area contributed by atoms with E-state index in [0.29, 0.717) is 0 Å². The molecule has 88 valence electrons. The lowest BCUT2D eigenvalue weighted by Gasteiger charge is -2.25. The van der Waals surface area contributed by atoms with E-state index in [9.17, 15) is 4.79 Å². The number of halogens is 1. The Morgan fingerprint density at radius 1 is 1.53 bits per heavy atom. The quantitative estimate of drug-likeness (QED) is 0.720. The molecule has 15 heavy (non-hydrogen) atoms. The first-order chi connectivity index (χ1) is 7.24. The first-order valence-corrected chi connectivity index (χ1v) is 6.83. The number of hydrogen-bond donors (Lipinski definition) is 0. The van der Waals surface area contributed by atoms with Crippen LogP contribution < -0.4 is 0 Å². The van der Waals surface area contributed by atoms with Gasteiger partial charge >= 0.3 is 0 Å². The highest BCUT2D eigenvalue weighted by molar-refractivity contribution is 9.09. The molecule has 1 saturated heterocycles. The summed E-state index contributed by atoms with van der Waals surface area (Å²) in [5.74, 6) is 0.357. The summed E-state index contributed by atoms with van der Waals surface area (Å²) >= 11 is 3.37. The number of nitrogens with zero attached hydrogens (tertiary/aromatic N) is 1. The Bertz CT molecular complexity index is 211. The third-order valence-corrected chi connectivity index (χ3v) is 3.33. The van der Waals surface area contributed by atoms with Crippen molar-refractivity contribution in [3.8, 4) is 0 Å². The van der Waals surface area contributed by atoms with E-state index in [-0.39, 0.29) is 17.9 Å². The third-order valence-electron chi connectivity index (χ3n) is 2.98. The highest BCUT2D eigenvalue weighted by Gasteiger charge is 2.34. The van der Waals surface area contributed by atoms with Gasteiger partial charge in [0.05, 0.1) is 12.0 Å². The van der Waals surface area contributed by atoms with Crippen LogP contribution in [-0.2, 0) is 9.53 Å². The van der Waals surface area contributed by atoms with Crippen LogP contribution in [0.15, 0.2) is 0 Å². The monoisotopic (exact) mass is 277 g/mol. The molecule has 2 atom stereocenters. The number of rotatable bonds is 5. The molecule has 0 spiro atoms. The SMILES string of the molecule is CCC1OCCC1C(=O)N(CC)CCBr. The second-order valence-electron chi connectivity index (χ2n) is 3.82. The van der Waals surface area contributed by atoms with Crippen molar-refractivity contribution in [1.29, 1.82) is 0 Å². The summed E-state index contributed by atoms with van der Waals surface area (Å²) < 4.78 is 5.55. The summed E-state index contributed by atoms with van der Waals surface area (Å²) in [4.78, 5) is 14.1. The van der Waals surface area contributed by atoms with Gasteiger partial charge in [-0.2, -0.15) is 0 Å². The van der Waals surface area contributed by atoms with Gasteiger partial charge in [-0.3, -0.25) is 4.79 Å². The fourth-order valence-corrected chi connectivity index (χ4v) is 2.52. The molecular weight excluding hydrogens is 258 g/mol. The first kappa shape index (κ1) is 13.0. The number of hydrogen-bond acceptors (Lipinski definition) is 2. The predicted octanol–water partition coefficient (Wildman–Crippen LogP) is 2.04. The molecule has 0 bridgehead atoms. The van der Waals surface area contributed by atoms with Gasteiger partial charge in [0.25, 0.3) is 0 Å². The molecule has 0 aliphatic carbocycles. The van der Waals surface area contributed by atoms with E-state index in [4.69, 9.17) is 4.74 Å². The Kier molecular flexibility index (Phi) is 5.61. The van der Waals surface area contributed by atoms with Gasteiger partial charge in [0.2, 0.25) is 5.91 Å². The van der Waals surface area contributed by atoms with Gasteiger partial charge < -0.3 is 9.64 Å². The Labute approximate surface area is 100 Å². The first-order valence-electron chi connectivity index (χ1n) is 5.70. The van der Waals surface area contributed by atoms with E-state index >= 15 is 0 Å². The molecule has 4 heteroatoms. The molecule has 1 fully saturated rings. The molecule has 0 aromatic carbocycles. The Morgan fingerprint density at radius 3 is 2.80 bits per heavy atom. The van der Waals surface area contributed by atoms with Crippen LogP contribution in [0, 0.1) is 5.92 Å². The van der Waals surface area contributed by atoms with E-state index in [1.807, 2.05) is 11.8 Å². The van der Waals surface area contributed by atoms with Gasteiger partial charge in [0, 0.05) is 25.0 Å². The van der Waals surface area contributed by atoms with Gasteiger partial charge in [-0.15, -0.1) is 0 Å². The zero-order chi connectivity index (χ0) is 11.3. The summed E-state index contributed by atoms with van der Waals surface area (Å²) in [6.07, 6.45) is 1.96. The van der Waals surface area contributed by atoms with E-state index in [1.54, 1.807) is 0 Å². The zero-order valence-electron chi connectivity index (χ0n) is 9.54. The standard InChI is InChI=1S/C11H20BrNO2/c1-3-10-9(5-8-15-10)11(14)13(4-2)7-6-12/h9-10H,3-8H2,1-2H3. The molecule has 1 rings (SSSR count). The van der Waals surface area contributed by atoms with Crippen molar-refractivity contribution >= 4 is 21.8 Å². The molecular formula is C11H20BrNO2. The minimum atomic E-state index is 0.0917. The van der Waals surface area contributed by atoms with Crippen LogP contribution >= 0.6 is 15.9 Å². The van der Waals surface area contributed by atoms with E-state index in [2.05, 4.69) is 22.9 Å². The fraction of sp³-hybridized carbons (Fsp3) is 0.909. The van der Waals surface area contributed by atoms with Crippen molar-refractivity contribution in [3.63, 3.8) is 0 Å². The molecule has 1 aliphatic rings. The number of ether oxygens (including phenoxy) is 1. The molecule has 1 amide bonds. The summed E-state index contributed by atoms with van der Waals surface area (Å²) in [6.45, 7) is 6.43. The maximum absolute atomic E-state index is 12.2. The van der Waals surface area contributed by atoms with Crippen molar-refractivity contribution in [3.05, 3.63) is 0 Å². The molecule has 0 aromatic rings. The number of amides is 1. The lowest BCUT2D eigenvalue weighted by Crippen LogP contribution is -2.40. The second-order valence-corrected chi connectivity index (χ2v) is 4.61.